The molecule has 2 aromatic heterocycles. The number of aromatic nitrogens is 3. The third-order valence-corrected chi connectivity index (χ3v) is 7.43. The molecule has 0 aliphatic carbocycles. The first-order chi connectivity index (χ1) is 14.2. The lowest BCUT2D eigenvalue weighted by molar-refractivity contribution is -0.129. The Morgan fingerprint density at radius 2 is 1.97 bits per heavy atom. The SMILES string of the molecule is O=C(CSc1nn(-c2ccccc2)c(=S)s1)N1CCc2[nH]c3ccccc3c2C1. The molecular weight excluding hydrogens is 420 g/mol. The maximum Gasteiger partial charge on any atom is 0.233 e. The Labute approximate surface area is 181 Å². The van der Waals surface area contributed by atoms with Gasteiger partial charge in [-0.25, -0.2) is 4.68 Å². The predicted molar refractivity (Wildman–Crippen MR) is 120 cm³/mol. The van der Waals surface area contributed by atoms with Crippen LogP contribution in [0.5, 0.6) is 0 Å². The van der Waals surface area contributed by atoms with E-state index in [1.165, 1.54) is 39.7 Å². The highest BCUT2D eigenvalue weighted by molar-refractivity contribution is 8.01. The quantitative estimate of drug-likeness (QED) is 0.367. The number of nitrogens with zero attached hydrogens (tertiary/aromatic N) is 3. The molecule has 5 rings (SSSR count). The average Bonchev–Trinajstić information content (AvgIpc) is 3.32. The highest BCUT2D eigenvalue weighted by Gasteiger charge is 2.24. The molecule has 0 unspecified atom stereocenters. The van der Waals surface area contributed by atoms with Crippen molar-refractivity contribution < 1.29 is 4.79 Å². The van der Waals surface area contributed by atoms with Crippen LogP contribution in [0.4, 0.5) is 0 Å². The van der Waals surface area contributed by atoms with Crippen LogP contribution in [0.2, 0.25) is 0 Å². The first kappa shape index (κ1) is 18.6. The van der Waals surface area contributed by atoms with E-state index in [0.29, 0.717) is 16.3 Å². The summed E-state index contributed by atoms with van der Waals surface area (Å²) >= 11 is 8.35. The van der Waals surface area contributed by atoms with Crippen LogP contribution in [0.1, 0.15) is 11.3 Å². The van der Waals surface area contributed by atoms with Crippen molar-refractivity contribution in [1.82, 2.24) is 19.7 Å². The van der Waals surface area contributed by atoms with Gasteiger partial charge in [-0.05, 0) is 30.4 Å². The maximum absolute atomic E-state index is 12.8. The third-order valence-electron chi connectivity index (χ3n) is 5.08. The minimum absolute atomic E-state index is 0.137. The average molecular weight is 439 g/mol. The molecule has 0 bridgehead atoms. The second-order valence-electron chi connectivity index (χ2n) is 6.86. The molecule has 146 valence electrons. The number of amides is 1. The Morgan fingerprint density at radius 1 is 1.17 bits per heavy atom. The summed E-state index contributed by atoms with van der Waals surface area (Å²) in [5.41, 5.74) is 4.58. The first-order valence-electron chi connectivity index (χ1n) is 9.33. The number of hydrogen-bond donors (Lipinski definition) is 1. The molecule has 2 aromatic carbocycles. The number of fused-ring (bicyclic) bond motifs is 3. The Morgan fingerprint density at radius 3 is 2.83 bits per heavy atom. The fourth-order valence-electron chi connectivity index (χ4n) is 3.65. The third kappa shape index (κ3) is 3.63. The van der Waals surface area contributed by atoms with Crippen LogP contribution in [0.3, 0.4) is 0 Å². The van der Waals surface area contributed by atoms with Gasteiger partial charge in [0.15, 0.2) is 8.29 Å². The number of rotatable bonds is 4. The zero-order chi connectivity index (χ0) is 19.8. The van der Waals surface area contributed by atoms with E-state index in [0.717, 1.165) is 28.5 Å². The van der Waals surface area contributed by atoms with Gasteiger partial charge in [0.1, 0.15) is 0 Å². The number of H-pyrrole nitrogens is 1. The zero-order valence-corrected chi connectivity index (χ0v) is 17.9. The van der Waals surface area contributed by atoms with Gasteiger partial charge < -0.3 is 9.88 Å². The van der Waals surface area contributed by atoms with E-state index in [4.69, 9.17) is 12.2 Å². The fourth-order valence-corrected chi connectivity index (χ4v) is 5.91. The summed E-state index contributed by atoms with van der Waals surface area (Å²) < 4.78 is 3.26. The molecule has 4 aromatic rings. The molecule has 1 aliphatic heterocycles. The lowest BCUT2D eigenvalue weighted by Gasteiger charge is -2.27. The van der Waals surface area contributed by atoms with Crippen molar-refractivity contribution in [3.05, 3.63) is 69.8 Å². The van der Waals surface area contributed by atoms with E-state index >= 15 is 0 Å². The molecule has 29 heavy (non-hydrogen) atoms. The van der Waals surface area contributed by atoms with E-state index in [1.807, 2.05) is 47.4 Å². The van der Waals surface area contributed by atoms with Crippen molar-refractivity contribution in [3.8, 4) is 5.69 Å². The van der Waals surface area contributed by atoms with E-state index in [2.05, 4.69) is 22.2 Å². The lowest BCUT2D eigenvalue weighted by Crippen LogP contribution is -2.36. The largest absolute Gasteiger partial charge is 0.358 e. The van der Waals surface area contributed by atoms with Gasteiger partial charge in [0.05, 0.1) is 11.4 Å². The Balaban J connectivity index is 1.28. The highest BCUT2D eigenvalue weighted by atomic mass is 32.2. The van der Waals surface area contributed by atoms with Crippen LogP contribution < -0.4 is 0 Å². The van der Waals surface area contributed by atoms with Crippen LogP contribution in [-0.2, 0) is 17.8 Å². The second-order valence-corrected chi connectivity index (χ2v) is 9.71. The number of hydrogen-bond acceptors (Lipinski definition) is 5. The molecule has 0 fully saturated rings. The van der Waals surface area contributed by atoms with Crippen molar-refractivity contribution in [2.24, 2.45) is 0 Å². The highest BCUT2D eigenvalue weighted by Crippen LogP contribution is 2.29. The summed E-state index contributed by atoms with van der Waals surface area (Å²) in [7, 11) is 0. The van der Waals surface area contributed by atoms with E-state index in [1.54, 1.807) is 4.68 Å². The summed E-state index contributed by atoms with van der Waals surface area (Å²) in [6.07, 6.45) is 0.863. The minimum atomic E-state index is 0.137. The molecule has 1 aliphatic rings. The first-order valence-corrected chi connectivity index (χ1v) is 11.5. The molecule has 0 saturated heterocycles. The van der Waals surface area contributed by atoms with Crippen LogP contribution in [0, 0.1) is 3.95 Å². The molecule has 8 heteroatoms. The Kier molecular flexibility index (Phi) is 4.99. The van der Waals surface area contributed by atoms with Gasteiger partial charge in [0.2, 0.25) is 5.91 Å². The number of para-hydroxylation sites is 2. The molecule has 3 heterocycles. The van der Waals surface area contributed by atoms with E-state index < -0.39 is 0 Å². The number of carbonyl (C=O) groups is 1. The van der Waals surface area contributed by atoms with Crippen LogP contribution in [0.15, 0.2) is 58.9 Å². The number of thioether (sulfide) groups is 1. The monoisotopic (exact) mass is 438 g/mol. The van der Waals surface area contributed by atoms with E-state index in [-0.39, 0.29) is 5.91 Å². The van der Waals surface area contributed by atoms with Gasteiger partial charge >= 0.3 is 0 Å². The summed E-state index contributed by atoms with van der Waals surface area (Å²) in [6, 6.07) is 18.1. The maximum atomic E-state index is 12.8. The standard InChI is InChI=1S/C21H18N4OS3/c26-19(13-28-20-23-25(21(27)29-20)14-6-2-1-3-7-14)24-11-10-18-16(12-24)15-8-4-5-9-17(15)22-18/h1-9,22H,10-13H2. The Hall–Kier alpha value is -2.42. The van der Waals surface area contributed by atoms with Gasteiger partial charge in [0, 0.05) is 41.7 Å². The molecule has 1 N–H and O–H groups in total. The van der Waals surface area contributed by atoms with E-state index in [9.17, 15) is 4.79 Å². The molecule has 0 atom stereocenters. The van der Waals surface area contributed by atoms with Crippen molar-refractivity contribution in [2.75, 3.05) is 12.3 Å². The molecule has 5 nitrogen and oxygen atoms in total. The number of carbonyl (C=O) groups excluding carboxylic acids is 1. The van der Waals surface area contributed by atoms with Crippen LogP contribution in [0.25, 0.3) is 16.6 Å². The van der Waals surface area contributed by atoms with Gasteiger partial charge in [-0.3, -0.25) is 4.79 Å². The van der Waals surface area contributed by atoms with Crippen molar-refractivity contribution >= 4 is 52.1 Å². The van der Waals surface area contributed by atoms with Crippen molar-refractivity contribution in [1.29, 1.82) is 0 Å². The van der Waals surface area contributed by atoms with Crippen molar-refractivity contribution in [3.63, 3.8) is 0 Å². The van der Waals surface area contributed by atoms with Crippen LogP contribution in [-0.4, -0.2) is 37.9 Å². The van der Waals surface area contributed by atoms with Gasteiger partial charge in [-0.15, -0.1) is 5.10 Å². The summed E-state index contributed by atoms with van der Waals surface area (Å²) in [5.74, 6) is 0.507. The van der Waals surface area contributed by atoms with Gasteiger partial charge in [-0.1, -0.05) is 59.5 Å². The molecule has 0 radical (unpaired) electrons. The Bertz CT molecular complexity index is 1240. The van der Waals surface area contributed by atoms with Crippen LogP contribution >= 0.6 is 35.3 Å². The molecule has 0 saturated carbocycles. The summed E-state index contributed by atoms with van der Waals surface area (Å²) in [6.45, 7) is 1.40. The number of aromatic amines is 1. The lowest BCUT2D eigenvalue weighted by atomic mass is 10.0. The van der Waals surface area contributed by atoms with Gasteiger partial charge in [-0.2, -0.15) is 0 Å². The summed E-state index contributed by atoms with van der Waals surface area (Å²) in [4.78, 5) is 18.3. The van der Waals surface area contributed by atoms with Crippen molar-refractivity contribution in [2.45, 2.75) is 17.3 Å². The molecule has 1 amide bonds. The fraction of sp³-hybridized carbons (Fsp3) is 0.190. The summed E-state index contributed by atoms with van der Waals surface area (Å²) in [5, 5.41) is 5.80. The normalized spacial score (nSPS) is 13.6. The number of nitrogens with one attached hydrogen (secondary N) is 1. The predicted octanol–water partition coefficient (Wildman–Crippen LogP) is 4.82. The smallest absolute Gasteiger partial charge is 0.233 e. The number of benzene rings is 2. The zero-order valence-electron chi connectivity index (χ0n) is 15.5. The topological polar surface area (TPSA) is 53.9 Å². The molecule has 0 spiro atoms. The molecular formula is C21H18N4OS3. The van der Waals surface area contributed by atoms with Gasteiger partial charge in [0.25, 0.3) is 0 Å². The second kappa shape index (κ2) is 7.78. The minimum Gasteiger partial charge on any atom is -0.358 e.